The number of allylic oxidation sites excluding steroid dienone is 1. The zero-order chi connectivity index (χ0) is 18.5. The van der Waals surface area contributed by atoms with Crippen LogP contribution in [-0.4, -0.2) is 32.6 Å². The normalized spacial score (nSPS) is 17.5. The van der Waals surface area contributed by atoms with Gasteiger partial charge < -0.3 is 0 Å². The monoisotopic (exact) mass is 418 g/mol. The molecule has 134 valence electrons. The molecule has 0 spiro atoms. The summed E-state index contributed by atoms with van der Waals surface area (Å²) in [6.45, 7) is 4.52. The molecule has 1 aliphatic heterocycles. The van der Waals surface area contributed by atoms with Crippen LogP contribution in [0.15, 0.2) is 78.5 Å². The molecule has 3 heteroatoms. The molecular weight excluding hydrogens is 395 g/mol. The molecule has 1 aliphatic rings. The molecule has 1 unspecified atom stereocenters. The number of anilines is 1. The first kappa shape index (κ1) is 16.7. The summed E-state index contributed by atoms with van der Waals surface area (Å²) < 4.78 is 3.00. The fourth-order valence-electron chi connectivity index (χ4n) is 4.29. The van der Waals surface area contributed by atoms with Gasteiger partial charge in [0, 0.05) is 0 Å². The molecule has 1 atom stereocenters. The Morgan fingerprint density at radius 2 is 1.52 bits per heavy atom. The topological polar surface area (TPSA) is 6.48 Å². The summed E-state index contributed by atoms with van der Waals surface area (Å²) in [5.74, 6) is 0. The molecule has 0 bridgehead atoms. The number of benzene rings is 3. The molecule has 0 amide bonds. The molecule has 1 aromatic heterocycles. The zero-order valence-electron chi connectivity index (χ0n) is 15.8. The van der Waals surface area contributed by atoms with Crippen molar-refractivity contribution in [2.45, 2.75) is 20.0 Å². The van der Waals surface area contributed by atoms with Crippen molar-refractivity contribution < 1.29 is 0 Å². The van der Waals surface area contributed by atoms with E-state index in [1.807, 2.05) is 0 Å². The molecule has 2 heterocycles. The van der Waals surface area contributed by atoms with E-state index < -0.39 is 0 Å². The summed E-state index contributed by atoms with van der Waals surface area (Å²) >= 11 is 0.429. The summed E-state index contributed by atoms with van der Waals surface area (Å²) in [7, 11) is 2.21. The Morgan fingerprint density at radius 3 is 2.33 bits per heavy atom. The van der Waals surface area contributed by atoms with E-state index >= 15 is 0 Å². The van der Waals surface area contributed by atoms with Gasteiger partial charge in [0.05, 0.1) is 0 Å². The van der Waals surface area contributed by atoms with E-state index in [0.717, 1.165) is 0 Å². The summed E-state index contributed by atoms with van der Waals surface area (Å²) in [6, 6.07) is 26.6. The van der Waals surface area contributed by atoms with E-state index in [9.17, 15) is 0 Å². The van der Waals surface area contributed by atoms with Gasteiger partial charge in [0.2, 0.25) is 0 Å². The summed E-state index contributed by atoms with van der Waals surface area (Å²) in [5, 5.41) is 2.84. The van der Waals surface area contributed by atoms with E-state index in [1.54, 1.807) is 0 Å². The van der Waals surface area contributed by atoms with E-state index in [4.69, 9.17) is 0 Å². The maximum atomic E-state index is 2.43. The molecule has 0 radical (unpaired) electrons. The molecule has 0 fully saturated rings. The Hall–Kier alpha value is -2.48. The van der Waals surface area contributed by atoms with Crippen LogP contribution in [0.1, 0.15) is 19.4 Å². The van der Waals surface area contributed by atoms with Gasteiger partial charge in [-0.2, -0.15) is 0 Å². The molecule has 0 aliphatic carbocycles. The van der Waals surface area contributed by atoms with Crippen molar-refractivity contribution in [1.29, 1.82) is 0 Å². The van der Waals surface area contributed by atoms with E-state index in [1.165, 1.54) is 41.9 Å². The zero-order valence-corrected chi connectivity index (χ0v) is 17.5. The Bertz CT molecular complexity index is 1170. The van der Waals surface area contributed by atoms with Crippen LogP contribution in [0.25, 0.3) is 25.0 Å². The van der Waals surface area contributed by atoms with Gasteiger partial charge in [0.15, 0.2) is 0 Å². The van der Waals surface area contributed by atoms with Gasteiger partial charge in [-0.25, -0.2) is 0 Å². The van der Waals surface area contributed by atoms with Crippen LogP contribution in [-0.2, 0) is 0 Å². The second-order valence-corrected chi connectivity index (χ2v) is 9.47. The average molecular weight is 417 g/mol. The number of para-hydroxylation sites is 1. The van der Waals surface area contributed by atoms with Gasteiger partial charge in [-0.05, 0) is 0 Å². The van der Waals surface area contributed by atoms with E-state index in [-0.39, 0.29) is 0 Å². The quantitative estimate of drug-likeness (QED) is 0.396. The van der Waals surface area contributed by atoms with Crippen molar-refractivity contribution in [2.24, 2.45) is 0 Å². The van der Waals surface area contributed by atoms with Gasteiger partial charge in [-0.1, -0.05) is 0 Å². The van der Waals surface area contributed by atoms with Gasteiger partial charge in [0.1, 0.15) is 0 Å². The van der Waals surface area contributed by atoms with Crippen molar-refractivity contribution in [2.75, 3.05) is 11.9 Å². The van der Waals surface area contributed by atoms with Crippen LogP contribution >= 0.6 is 0 Å². The second kappa shape index (κ2) is 6.30. The number of rotatable bonds is 2. The van der Waals surface area contributed by atoms with Crippen molar-refractivity contribution in [3.05, 3.63) is 84.1 Å². The number of hydrogen-bond acceptors (Lipinski definition) is 2. The van der Waals surface area contributed by atoms with Crippen molar-refractivity contribution in [3.63, 3.8) is 0 Å². The van der Waals surface area contributed by atoms with Crippen LogP contribution in [0, 0.1) is 0 Å². The number of hydrogen-bond donors (Lipinski definition) is 0. The Kier molecular flexibility index (Phi) is 3.89. The van der Waals surface area contributed by atoms with Gasteiger partial charge in [0.25, 0.3) is 0 Å². The number of nitrogens with zero attached hydrogens (tertiary/aromatic N) is 2. The van der Waals surface area contributed by atoms with Gasteiger partial charge in [-0.15, -0.1) is 0 Å². The van der Waals surface area contributed by atoms with Crippen molar-refractivity contribution >= 4 is 45.2 Å². The van der Waals surface area contributed by atoms with Crippen molar-refractivity contribution in [3.8, 4) is 0 Å². The predicted molar refractivity (Wildman–Crippen MR) is 117 cm³/mol. The minimum atomic E-state index is 0.298. The summed E-state index contributed by atoms with van der Waals surface area (Å²) in [5.41, 5.74) is 5.20. The third-order valence-electron chi connectivity index (χ3n) is 5.68. The molecule has 0 N–H and O–H groups in total. The van der Waals surface area contributed by atoms with Crippen LogP contribution in [0.2, 0.25) is 0 Å². The van der Waals surface area contributed by atoms with E-state index in [2.05, 4.69) is 103 Å². The van der Waals surface area contributed by atoms with Crippen LogP contribution in [0.5, 0.6) is 0 Å². The van der Waals surface area contributed by atoms with Crippen LogP contribution < -0.4 is 4.90 Å². The first-order chi connectivity index (χ1) is 13.1. The van der Waals surface area contributed by atoms with Crippen molar-refractivity contribution in [1.82, 2.24) is 4.90 Å². The minimum absolute atomic E-state index is 0.298. The standard InChI is InChI=1S/C24H22N2Se/c1-16-24(25(3)17(2)26(16)19-9-5-4-6-10-19)18-13-14-23-21(15-18)20-11-7-8-12-22(20)27-23/h4-15,17H,1-3H3. The van der Waals surface area contributed by atoms with Crippen LogP contribution in [0.4, 0.5) is 5.69 Å². The molecule has 2 nitrogen and oxygen atoms in total. The third-order valence-corrected chi connectivity index (χ3v) is 8.09. The Labute approximate surface area is 166 Å². The maximum absolute atomic E-state index is 2.43. The Morgan fingerprint density at radius 1 is 0.815 bits per heavy atom. The molecule has 5 rings (SSSR count). The molecule has 4 aromatic rings. The van der Waals surface area contributed by atoms with Gasteiger partial charge >= 0.3 is 166 Å². The molecular formula is C24H22N2Se. The summed E-state index contributed by atoms with van der Waals surface area (Å²) in [6.07, 6.45) is 0.298. The SMILES string of the molecule is CC1=C(c2ccc3[se]c4ccccc4c3c2)N(C)C(C)N1c1ccccc1. The first-order valence-corrected chi connectivity index (χ1v) is 11.1. The second-order valence-electron chi connectivity index (χ2n) is 7.19. The summed E-state index contributed by atoms with van der Waals surface area (Å²) in [4.78, 5) is 4.83. The number of fused-ring (bicyclic) bond motifs is 3. The molecule has 3 aromatic carbocycles. The van der Waals surface area contributed by atoms with Gasteiger partial charge in [-0.3, -0.25) is 0 Å². The fourth-order valence-corrected chi connectivity index (χ4v) is 6.57. The molecule has 0 saturated carbocycles. The predicted octanol–water partition coefficient (Wildman–Crippen LogP) is 5.54. The molecule has 0 saturated heterocycles. The fraction of sp³-hybridized carbons (Fsp3) is 0.167. The third kappa shape index (κ3) is 2.54. The van der Waals surface area contributed by atoms with Crippen LogP contribution in [0.3, 0.4) is 0 Å². The van der Waals surface area contributed by atoms with E-state index in [0.29, 0.717) is 20.7 Å². The average Bonchev–Trinajstić information content (AvgIpc) is 3.17. The Balaban J connectivity index is 1.68. The first-order valence-electron chi connectivity index (χ1n) is 9.35. The molecule has 27 heavy (non-hydrogen) atoms.